The second-order valence-corrected chi connectivity index (χ2v) is 4.73. The van der Waals surface area contributed by atoms with Crippen molar-refractivity contribution in [1.82, 2.24) is 0 Å². The molecular formula is C12H22NPt-. The molecule has 0 aromatic carbocycles. The third-order valence-corrected chi connectivity index (χ3v) is 3.57. The Labute approximate surface area is 103 Å². The van der Waals surface area contributed by atoms with Gasteiger partial charge in [0.25, 0.3) is 0 Å². The number of hydrogen-bond acceptors (Lipinski definition) is 0. The summed E-state index contributed by atoms with van der Waals surface area (Å²) in [6.07, 6.45) is 14.2. The third kappa shape index (κ3) is 4.03. The van der Waals surface area contributed by atoms with Gasteiger partial charge in [0.2, 0.25) is 0 Å². The molecule has 0 spiro atoms. The number of nitrogens with zero attached hydrogens (tertiary/aromatic N) is 1. The normalized spacial score (nSPS) is 25.7. The van der Waals surface area contributed by atoms with E-state index >= 15 is 0 Å². The van der Waals surface area contributed by atoms with Gasteiger partial charge in [0.05, 0.1) is 0 Å². The summed E-state index contributed by atoms with van der Waals surface area (Å²) >= 11 is 0. The topological polar surface area (TPSA) is 14.1 Å². The Balaban J connectivity index is 0.000000980. The first-order chi connectivity index (χ1) is 6.45. The molecule has 0 saturated heterocycles. The summed E-state index contributed by atoms with van der Waals surface area (Å²) in [5, 5.41) is 5.00. The van der Waals surface area contributed by atoms with Gasteiger partial charge >= 0.3 is 0 Å². The Bertz CT molecular complexity index is 121. The molecule has 2 fully saturated rings. The van der Waals surface area contributed by atoms with E-state index in [4.69, 9.17) is 5.32 Å². The maximum Gasteiger partial charge on any atom is 0 e. The van der Waals surface area contributed by atoms with E-state index < -0.39 is 0 Å². The molecule has 2 rings (SSSR count). The van der Waals surface area contributed by atoms with Crippen molar-refractivity contribution in [1.29, 1.82) is 0 Å². The fraction of sp³-hybridized carbons (Fsp3) is 1.00. The molecule has 0 bridgehead atoms. The largest absolute Gasteiger partial charge is 0.657 e. The Kier molecular flexibility index (Phi) is 6.37. The molecule has 0 N–H and O–H groups in total. The van der Waals surface area contributed by atoms with Gasteiger partial charge in [-0.1, -0.05) is 64.2 Å². The molecule has 86 valence electrons. The molecule has 0 heterocycles. The zero-order valence-electron chi connectivity index (χ0n) is 8.99. The van der Waals surface area contributed by atoms with E-state index in [-0.39, 0.29) is 21.1 Å². The maximum absolute atomic E-state index is 5.00. The zero-order valence-corrected chi connectivity index (χ0v) is 11.3. The van der Waals surface area contributed by atoms with Crippen LogP contribution in [0.4, 0.5) is 0 Å². The maximum atomic E-state index is 5.00. The molecule has 14 heavy (non-hydrogen) atoms. The van der Waals surface area contributed by atoms with Crippen LogP contribution >= 0.6 is 0 Å². The van der Waals surface area contributed by atoms with Crippen molar-refractivity contribution in [2.45, 2.75) is 76.3 Å². The van der Waals surface area contributed by atoms with Crippen LogP contribution in [0.25, 0.3) is 5.32 Å². The summed E-state index contributed by atoms with van der Waals surface area (Å²) in [5.74, 6) is 0. The van der Waals surface area contributed by atoms with Crippen molar-refractivity contribution in [3.05, 3.63) is 5.32 Å². The molecule has 2 heteroatoms. The van der Waals surface area contributed by atoms with Gasteiger partial charge < -0.3 is 5.32 Å². The van der Waals surface area contributed by atoms with Crippen LogP contribution in [0.5, 0.6) is 0 Å². The van der Waals surface area contributed by atoms with Crippen molar-refractivity contribution < 1.29 is 21.1 Å². The van der Waals surface area contributed by atoms with Crippen molar-refractivity contribution in [2.24, 2.45) is 0 Å². The van der Waals surface area contributed by atoms with Crippen molar-refractivity contribution in [3.63, 3.8) is 0 Å². The fourth-order valence-corrected chi connectivity index (χ4v) is 2.76. The van der Waals surface area contributed by atoms with Gasteiger partial charge in [0.15, 0.2) is 0 Å². The van der Waals surface area contributed by atoms with E-state index in [0.717, 1.165) is 12.1 Å². The van der Waals surface area contributed by atoms with E-state index in [0.29, 0.717) is 0 Å². The Hall–Kier alpha value is 0.648. The van der Waals surface area contributed by atoms with Crippen LogP contribution < -0.4 is 0 Å². The summed E-state index contributed by atoms with van der Waals surface area (Å²) in [7, 11) is 0. The predicted molar refractivity (Wildman–Crippen MR) is 57.1 cm³/mol. The van der Waals surface area contributed by atoms with Gasteiger partial charge in [0.1, 0.15) is 0 Å². The van der Waals surface area contributed by atoms with E-state index in [2.05, 4.69) is 0 Å². The van der Waals surface area contributed by atoms with E-state index in [1.165, 1.54) is 64.2 Å². The molecule has 0 atom stereocenters. The second-order valence-electron chi connectivity index (χ2n) is 4.73. The van der Waals surface area contributed by atoms with Gasteiger partial charge in [0, 0.05) is 21.1 Å². The number of hydrogen-bond donors (Lipinski definition) is 0. The summed E-state index contributed by atoms with van der Waals surface area (Å²) in [6.45, 7) is 0. The molecule has 0 aliphatic heterocycles. The quantitative estimate of drug-likeness (QED) is 0.692. The minimum atomic E-state index is 0. The van der Waals surface area contributed by atoms with Crippen molar-refractivity contribution in [3.8, 4) is 0 Å². The monoisotopic (exact) mass is 375 g/mol. The first kappa shape index (κ1) is 12.7. The first-order valence-corrected chi connectivity index (χ1v) is 6.15. The molecule has 0 unspecified atom stereocenters. The van der Waals surface area contributed by atoms with Crippen LogP contribution in [0.1, 0.15) is 64.2 Å². The van der Waals surface area contributed by atoms with Crippen LogP contribution in [0.2, 0.25) is 0 Å². The molecule has 0 aromatic rings. The minimum absolute atomic E-state index is 0. The summed E-state index contributed by atoms with van der Waals surface area (Å²) in [6, 6.07) is 1.49. The zero-order chi connectivity index (χ0) is 8.93. The molecule has 2 aliphatic carbocycles. The predicted octanol–water partition coefficient (Wildman–Crippen LogP) is 4.02. The summed E-state index contributed by atoms with van der Waals surface area (Å²) in [4.78, 5) is 0. The molecule has 1 nitrogen and oxygen atoms in total. The standard InChI is InChI=1S/C12H22N.Pt/c1-3-7-11(8-4-1)13-12-9-5-2-6-10-12;/h11-12H,1-10H2;/q-1;. The van der Waals surface area contributed by atoms with Gasteiger partial charge in [-0.25, -0.2) is 0 Å². The average molecular weight is 375 g/mol. The smallest absolute Gasteiger partial charge is 0 e. The van der Waals surface area contributed by atoms with Crippen molar-refractivity contribution >= 4 is 0 Å². The Morgan fingerprint density at radius 3 is 1.29 bits per heavy atom. The van der Waals surface area contributed by atoms with Crippen LogP contribution in [0, 0.1) is 0 Å². The molecule has 2 saturated carbocycles. The SMILES string of the molecule is C1CCC([N-]C2CCCCC2)CC1.[Pt]. The third-order valence-electron chi connectivity index (χ3n) is 3.57. The minimum Gasteiger partial charge on any atom is -0.657 e. The second kappa shape index (κ2) is 7.01. The number of rotatable bonds is 2. The van der Waals surface area contributed by atoms with Crippen molar-refractivity contribution in [2.75, 3.05) is 0 Å². The van der Waals surface area contributed by atoms with Gasteiger partial charge in [-0.05, 0) is 0 Å². The summed E-state index contributed by atoms with van der Waals surface area (Å²) in [5.41, 5.74) is 0. The fourth-order valence-electron chi connectivity index (χ4n) is 2.76. The van der Waals surface area contributed by atoms with E-state index in [9.17, 15) is 0 Å². The Morgan fingerprint density at radius 2 is 0.929 bits per heavy atom. The molecule has 0 amide bonds. The van der Waals surface area contributed by atoms with Crippen LogP contribution in [-0.2, 0) is 21.1 Å². The summed E-state index contributed by atoms with van der Waals surface area (Å²) < 4.78 is 0. The molecule has 0 radical (unpaired) electrons. The van der Waals surface area contributed by atoms with Crippen LogP contribution in [0.15, 0.2) is 0 Å². The molecular weight excluding hydrogens is 353 g/mol. The molecule has 2 aliphatic rings. The van der Waals surface area contributed by atoms with Gasteiger partial charge in [-0.2, -0.15) is 0 Å². The van der Waals surface area contributed by atoms with Gasteiger partial charge in [-0.15, -0.1) is 12.1 Å². The van der Waals surface area contributed by atoms with Crippen LogP contribution in [-0.4, -0.2) is 12.1 Å². The average Bonchev–Trinajstić information content (AvgIpc) is 2.21. The molecule has 0 aromatic heterocycles. The van der Waals surface area contributed by atoms with Gasteiger partial charge in [-0.3, -0.25) is 0 Å². The Morgan fingerprint density at radius 1 is 0.571 bits per heavy atom. The van der Waals surface area contributed by atoms with Crippen LogP contribution in [0.3, 0.4) is 0 Å². The van der Waals surface area contributed by atoms with E-state index in [1.807, 2.05) is 0 Å². The van der Waals surface area contributed by atoms with E-state index in [1.54, 1.807) is 0 Å². The first-order valence-electron chi connectivity index (χ1n) is 6.15.